The molecule has 0 fully saturated rings. The molecule has 6 nitrogen and oxygen atoms in total. The molecule has 0 aliphatic carbocycles. The zero-order valence-corrected chi connectivity index (χ0v) is 17.8. The predicted octanol–water partition coefficient (Wildman–Crippen LogP) is 3.23. The maximum absolute atomic E-state index is 13.6. The van der Waals surface area contributed by atoms with Crippen LogP contribution in [0.25, 0.3) is 0 Å². The normalized spacial score (nSPS) is 10.7. The molecular formula is C19H25FIN5O. The first kappa shape index (κ1) is 22.8. The Balaban J connectivity index is 0.00000364. The van der Waals surface area contributed by atoms with Gasteiger partial charge in [0.25, 0.3) is 0 Å². The van der Waals surface area contributed by atoms with Gasteiger partial charge in [0.2, 0.25) is 5.91 Å². The van der Waals surface area contributed by atoms with Crippen LogP contribution in [0.5, 0.6) is 0 Å². The number of halogens is 2. The number of aryl methyl sites for hydroxylation is 1. The topological polar surface area (TPSA) is 78.4 Å². The Morgan fingerprint density at radius 2 is 1.96 bits per heavy atom. The highest BCUT2D eigenvalue weighted by molar-refractivity contribution is 14.0. The number of nitrogens with one attached hydrogen (secondary N) is 3. The van der Waals surface area contributed by atoms with Gasteiger partial charge in [-0.3, -0.25) is 4.79 Å². The molecule has 0 bridgehead atoms. The lowest BCUT2D eigenvalue weighted by Crippen LogP contribution is -2.38. The first-order valence-corrected chi connectivity index (χ1v) is 8.56. The highest BCUT2D eigenvalue weighted by Gasteiger charge is 2.05. The molecular weight excluding hydrogens is 460 g/mol. The number of guanidine groups is 1. The molecule has 2 rings (SSSR count). The third-order valence-corrected chi connectivity index (χ3v) is 3.53. The average molecular weight is 485 g/mol. The number of carbonyl (C=O) groups is 1. The number of anilines is 1. The Morgan fingerprint density at radius 3 is 2.63 bits per heavy atom. The average Bonchev–Trinajstić information content (AvgIpc) is 2.63. The summed E-state index contributed by atoms with van der Waals surface area (Å²) >= 11 is 0. The Labute approximate surface area is 176 Å². The van der Waals surface area contributed by atoms with Crippen molar-refractivity contribution in [2.24, 2.45) is 4.99 Å². The SMILES string of the molecule is CCNC(=NCc1ccccc1F)NCCC(=O)Nc1ccc(C)cn1.I. The summed E-state index contributed by atoms with van der Waals surface area (Å²) in [5.41, 5.74) is 1.55. The first-order valence-electron chi connectivity index (χ1n) is 8.56. The molecule has 2 aromatic rings. The van der Waals surface area contributed by atoms with Crippen molar-refractivity contribution in [2.75, 3.05) is 18.4 Å². The van der Waals surface area contributed by atoms with Gasteiger partial charge in [0.05, 0.1) is 6.54 Å². The zero-order valence-electron chi connectivity index (χ0n) is 15.5. The Kier molecular flexibility index (Phi) is 10.3. The third-order valence-electron chi connectivity index (χ3n) is 3.53. The second-order valence-electron chi connectivity index (χ2n) is 5.73. The van der Waals surface area contributed by atoms with Crippen molar-refractivity contribution in [3.8, 4) is 0 Å². The third kappa shape index (κ3) is 8.33. The Bertz CT molecular complexity index is 752. The highest BCUT2D eigenvalue weighted by Crippen LogP contribution is 2.07. The van der Waals surface area contributed by atoms with Gasteiger partial charge < -0.3 is 16.0 Å². The van der Waals surface area contributed by atoms with Crippen LogP contribution in [0, 0.1) is 12.7 Å². The molecule has 8 heteroatoms. The van der Waals surface area contributed by atoms with Crippen molar-refractivity contribution in [1.29, 1.82) is 0 Å². The Hall–Kier alpha value is -2.23. The van der Waals surface area contributed by atoms with Gasteiger partial charge in [0.15, 0.2) is 5.96 Å². The molecule has 0 radical (unpaired) electrons. The summed E-state index contributed by atoms with van der Waals surface area (Å²) in [6.07, 6.45) is 1.96. The molecule has 0 atom stereocenters. The molecule has 3 N–H and O–H groups in total. The summed E-state index contributed by atoms with van der Waals surface area (Å²) in [6.45, 7) is 5.17. The molecule has 0 saturated carbocycles. The van der Waals surface area contributed by atoms with Crippen LogP contribution in [0.1, 0.15) is 24.5 Å². The van der Waals surface area contributed by atoms with Crippen LogP contribution in [0.2, 0.25) is 0 Å². The van der Waals surface area contributed by atoms with Crippen LogP contribution in [-0.2, 0) is 11.3 Å². The molecule has 0 unspecified atom stereocenters. The molecule has 1 aromatic carbocycles. The molecule has 0 saturated heterocycles. The quantitative estimate of drug-likeness (QED) is 0.320. The molecule has 27 heavy (non-hydrogen) atoms. The van der Waals surface area contributed by atoms with Crippen LogP contribution >= 0.6 is 24.0 Å². The lowest BCUT2D eigenvalue weighted by molar-refractivity contribution is -0.116. The maximum atomic E-state index is 13.6. The minimum absolute atomic E-state index is 0. The fourth-order valence-electron chi connectivity index (χ4n) is 2.17. The summed E-state index contributed by atoms with van der Waals surface area (Å²) in [4.78, 5) is 20.4. The van der Waals surface area contributed by atoms with Crippen molar-refractivity contribution in [1.82, 2.24) is 15.6 Å². The molecule has 1 aromatic heterocycles. The van der Waals surface area contributed by atoms with Crippen LogP contribution in [0.4, 0.5) is 10.2 Å². The number of pyridine rings is 1. The second-order valence-corrected chi connectivity index (χ2v) is 5.73. The van der Waals surface area contributed by atoms with Crippen molar-refractivity contribution in [3.63, 3.8) is 0 Å². The van der Waals surface area contributed by atoms with Crippen LogP contribution in [-0.4, -0.2) is 29.9 Å². The van der Waals surface area contributed by atoms with Gasteiger partial charge in [-0.15, -0.1) is 24.0 Å². The van der Waals surface area contributed by atoms with E-state index in [0.717, 1.165) is 5.56 Å². The van der Waals surface area contributed by atoms with Gasteiger partial charge in [-0.05, 0) is 31.5 Å². The van der Waals surface area contributed by atoms with Crippen LogP contribution < -0.4 is 16.0 Å². The molecule has 146 valence electrons. The summed E-state index contributed by atoms with van der Waals surface area (Å²) in [7, 11) is 0. The largest absolute Gasteiger partial charge is 0.357 e. The number of hydrogen-bond donors (Lipinski definition) is 3. The molecule has 0 spiro atoms. The van der Waals surface area contributed by atoms with Crippen LogP contribution in [0.15, 0.2) is 47.6 Å². The van der Waals surface area contributed by atoms with Gasteiger partial charge in [-0.1, -0.05) is 24.3 Å². The molecule has 0 aliphatic heterocycles. The molecule has 0 aliphatic rings. The van der Waals surface area contributed by atoms with E-state index < -0.39 is 0 Å². The van der Waals surface area contributed by atoms with Crippen molar-refractivity contribution >= 4 is 41.7 Å². The zero-order chi connectivity index (χ0) is 18.8. The Morgan fingerprint density at radius 1 is 1.19 bits per heavy atom. The smallest absolute Gasteiger partial charge is 0.227 e. The van der Waals surface area contributed by atoms with E-state index in [1.807, 2.05) is 19.9 Å². The van der Waals surface area contributed by atoms with Gasteiger partial charge in [-0.2, -0.15) is 0 Å². The molecule has 1 amide bonds. The van der Waals surface area contributed by atoms with Crippen molar-refractivity contribution < 1.29 is 9.18 Å². The summed E-state index contributed by atoms with van der Waals surface area (Å²) in [6, 6.07) is 10.2. The standard InChI is InChI=1S/C19H24FN5O.HI/c1-3-21-19(24-13-15-6-4-5-7-16(15)20)22-11-10-18(26)25-17-9-8-14(2)12-23-17;/h4-9,12H,3,10-11,13H2,1-2H3,(H2,21,22,24)(H,23,25,26);1H. The number of nitrogens with zero attached hydrogens (tertiary/aromatic N) is 2. The van der Waals surface area contributed by atoms with Gasteiger partial charge in [0.1, 0.15) is 11.6 Å². The summed E-state index contributed by atoms with van der Waals surface area (Å²) < 4.78 is 13.6. The number of carbonyl (C=O) groups excluding carboxylic acids is 1. The van der Waals surface area contributed by atoms with E-state index in [0.29, 0.717) is 30.4 Å². The summed E-state index contributed by atoms with van der Waals surface area (Å²) in [5.74, 6) is 0.647. The lowest BCUT2D eigenvalue weighted by atomic mass is 10.2. The van der Waals surface area contributed by atoms with E-state index in [9.17, 15) is 9.18 Å². The van der Waals surface area contributed by atoms with E-state index in [-0.39, 0.29) is 48.7 Å². The number of aliphatic imine (C=N–C) groups is 1. The number of aromatic nitrogens is 1. The van der Waals surface area contributed by atoms with Crippen molar-refractivity contribution in [3.05, 3.63) is 59.5 Å². The predicted molar refractivity (Wildman–Crippen MR) is 117 cm³/mol. The van der Waals surface area contributed by atoms with Gasteiger partial charge in [0, 0.05) is 31.3 Å². The molecule has 1 heterocycles. The number of rotatable bonds is 7. The number of amides is 1. The van der Waals surface area contributed by atoms with Crippen molar-refractivity contribution in [2.45, 2.75) is 26.8 Å². The number of hydrogen-bond acceptors (Lipinski definition) is 3. The van der Waals surface area contributed by atoms with E-state index in [4.69, 9.17) is 0 Å². The monoisotopic (exact) mass is 485 g/mol. The van der Waals surface area contributed by atoms with E-state index in [1.54, 1.807) is 30.5 Å². The minimum atomic E-state index is -0.280. The fraction of sp³-hybridized carbons (Fsp3) is 0.316. The highest BCUT2D eigenvalue weighted by atomic mass is 127. The van der Waals surface area contributed by atoms with Gasteiger partial charge >= 0.3 is 0 Å². The van der Waals surface area contributed by atoms with E-state index in [2.05, 4.69) is 25.9 Å². The van der Waals surface area contributed by atoms with Crippen LogP contribution in [0.3, 0.4) is 0 Å². The fourth-order valence-corrected chi connectivity index (χ4v) is 2.17. The van der Waals surface area contributed by atoms with E-state index >= 15 is 0 Å². The minimum Gasteiger partial charge on any atom is -0.357 e. The first-order chi connectivity index (χ1) is 12.6. The number of benzene rings is 1. The lowest BCUT2D eigenvalue weighted by Gasteiger charge is -2.11. The second kappa shape index (κ2) is 12.2. The summed E-state index contributed by atoms with van der Waals surface area (Å²) in [5, 5.41) is 8.89. The van der Waals surface area contributed by atoms with E-state index in [1.165, 1.54) is 6.07 Å². The van der Waals surface area contributed by atoms with Gasteiger partial charge in [-0.25, -0.2) is 14.4 Å². The maximum Gasteiger partial charge on any atom is 0.227 e.